The summed E-state index contributed by atoms with van der Waals surface area (Å²) in [4.78, 5) is 52.2. The maximum Gasteiger partial charge on any atom is 0.495 e. The zero-order valence-electron chi connectivity index (χ0n) is 33.3. The van der Waals surface area contributed by atoms with E-state index in [-0.39, 0.29) is 54.4 Å². The van der Waals surface area contributed by atoms with Crippen molar-refractivity contribution in [2.75, 3.05) is 58.4 Å². The van der Waals surface area contributed by atoms with Crippen LogP contribution in [-0.2, 0) is 43.0 Å². The van der Waals surface area contributed by atoms with Crippen LogP contribution >= 0.6 is 0 Å². The number of aromatic amines is 1. The van der Waals surface area contributed by atoms with Crippen LogP contribution in [0.25, 0.3) is 11.2 Å². The molecule has 4 aromatic rings. The fourth-order valence-corrected chi connectivity index (χ4v) is 6.05. The minimum Gasteiger partial charge on any atom is -0.399 e. The summed E-state index contributed by atoms with van der Waals surface area (Å²) in [6, 6.07) is 15.3. The van der Waals surface area contributed by atoms with Gasteiger partial charge in [0.1, 0.15) is 0 Å². The largest absolute Gasteiger partial charge is 0.495 e. The van der Waals surface area contributed by atoms with Gasteiger partial charge in [-0.3, -0.25) is 19.4 Å². The van der Waals surface area contributed by atoms with E-state index in [1.54, 1.807) is 18.3 Å². The molecule has 2 aromatic heterocycles. The number of hydrogen-bond acceptors (Lipinski definition) is 13. The summed E-state index contributed by atoms with van der Waals surface area (Å²) in [6.45, 7) is 11.7. The number of aryl methyl sites for hydroxylation is 2. The minimum atomic E-state index is -0.442. The van der Waals surface area contributed by atoms with Crippen LogP contribution in [0.5, 0.6) is 0 Å². The number of aromatic nitrogens is 4. The van der Waals surface area contributed by atoms with E-state index in [1.807, 2.05) is 58.0 Å². The number of amides is 2. The number of aliphatic hydroxyl groups excluding tert-OH is 1. The molecule has 0 saturated carbocycles. The lowest BCUT2D eigenvalue weighted by Crippen LogP contribution is -2.41. The van der Waals surface area contributed by atoms with Gasteiger partial charge in [0.25, 0.3) is 11.5 Å². The van der Waals surface area contributed by atoms with E-state index in [2.05, 4.69) is 42.0 Å². The molecule has 0 spiro atoms. The van der Waals surface area contributed by atoms with E-state index in [9.17, 15) is 19.5 Å². The normalized spacial score (nSPS) is 15.1. The molecule has 57 heavy (non-hydrogen) atoms. The molecule has 0 bridgehead atoms. The van der Waals surface area contributed by atoms with Crippen molar-refractivity contribution in [2.24, 2.45) is 5.92 Å². The van der Waals surface area contributed by atoms with Gasteiger partial charge in [-0.1, -0.05) is 36.4 Å². The van der Waals surface area contributed by atoms with Gasteiger partial charge in [-0.05, 0) is 81.6 Å². The van der Waals surface area contributed by atoms with Gasteiger partial charge in [0.05, 0.1) is 49.5 Å². The van der Waals surface area contributed by atoms with E-state index >= 15 is 0 Å². The maximum absolute atomic E-state index is 12.8. The second-order valence-corrected chi connectivity index (χ2v) is 15.0. The smallest absolute Gasteiger partial charge is 0.399 e. The molecule has 1 atom stereocenters. The zero-order chi connectivity index (χ0) is 40.8. The number of anilines is 1. The van der Waals surface area contributed by atoms with Gasteiger partial charge in [-0.25, -0.2) is 9.97 Å². The van der Waals surface area contributed by atoms with Crippen molar-refractivity contribution in [1.29, 1.82) is 0 Å². The van der Waals surface area contributed by atoms with Gasteiger partial charge in [0, 0.05) is 44.8 Å². The quantitative estimate of drug-likeness (QED) is 0.0491. The van der Waals surface area contributed by atoms with Crippen molar-refractivity contribution in [1.82, 2.24) is 35.9 Å². The van der Waals surface area contributed by atoms with Crippen LogP contribution in [-0.4, -0.2) is 108 Å². The number of aliphatic hydroxyl groups is 1. The number of nitrogens with two attached hydrogens (primary N) is 1. The van der Waals surface area contributed by atoms with Gasteiger partial charge < -0.3 is 45.6 Å². The summed E-state index contributed by atoms with van der Waals surface area (Å²) >= 11 is 0. The van der Waals surface area contributed by atoms with Gasteiger partial charge in [-0.15, -0.1) is 0 Å². The number of H-pyrrole nitrogens is 1. The molecule has 17 heteroatoms. The lowest BCUT2D eigenvalue weighted by molar-refractivity contribution is -0.121. The van der Waals surface area contributed by atoms with Crippen molar-refractivity contribution in [3.05, 3.63) is 87.5 Å². The number of nitrogens with zero attached hydrogens (tertiary/aromatic N) is 3. The van der Waals surface area contributed by atoms with Crippen molar-refractivity contribution in [3.8, 4) is 0 Å². The highest BCUT2D eigenvalue weighted by atomic mass is 16.7. The second kappa shape index (κ2) is 20.6. The first-order valence-electron chi connectivity index (χ1n) is 19.4. The van der Waals surface area contributed by atoms with Crippen LogP contribution in [0.15, 0.2) is 59.5 Å². The molecule has 16 nitrogen and oxygen atoms in total. The molecule has 7 N–H and O–H groups in total. The Hall–Kier alpha value is -4.78. The predicted molar refractivity (Wildman–Crippen MR) is 217 cm³/mol. The number of fused-ring (bicyclic) bond motifs is 1. The van der Waals surface area contributed by atoms with Gasteiger partial charge >= 0.3 is 7.12 Å². The third kappa shape index (κ3) is 12.6. The summed E-state index contributed by atoms with van der Waals surface area (Å²) in [5, 5.41) is 18.9. The zero-order valence-corrected chi connectivity index (χ0v) is 33.3. The number of carbonyl (C=O) groups excluding carboxylic acids is 2. The molecule has 2 aromatic carbocycles. The summed E-state index contributed by atoms with van der Waals surface area (Å²) < 4.78 is 23.7. The molecule has 1 saturated heterocycles. The minimum absolute atomic E-state index is 0.0141. The molecule has 1 fully saturated rings. The van der Waals surface area contributed by atoms with Gasteiger partial charge in [-0.2, -0.15) is 4.98 Å². The number of rotatable bonds is 22. The molecular weight excluding hydrogens is 731 g/mol. The number of carbonyl (C=O) groups is 2. The highest BCUT2D eigenvalue weighted by molar-refractivity contribution is 6.62. The van der Waals surface area contributed by atoms with Crippen LogP contribution in [0.1, 0.15) is 67.7 Å². The summed E-state index contributed by atoms with van der Waals surface area (Å²) in [5.74, 6) is -0.703. The first kappa shape index (κ1) is 43.3. The van der Waals surface area contributed by atoms with Crippen molar-refractivity contribution >= 4 is 41.5 Å². The highest BCUT2D eigenvalue weighted by Gasteiger charge is 2.52. The Morgan fingerprint density at radius 1 is 0.930 bits per heavy atom. The summed E-state index contributed by atoms with van der Waals surface area (Å²) in [5.41, 5.74) is 8.89. The Bertz CT molecular complexity index is 1980. The molecule has 0 aliphatic carbocycles. The average molecular weight is 787 g/mol. The SMILES string of the molecule is CC1(C)OB(c2ccccc2CNCCOCCOCCNC(=O)CCC(CO)CNC(=O)c2ccc(CCc3cnc4nc(N)[nH]c(=O)c4n3)cc2)OC1(C)C. The lowest BCUT2D eigenvalue weighted by Gasteiger charge is -2.32. The topological polar surface area (TPSA) is 225 Å². The fourth-order valence-electron chi connectivity index (χ4n) is 6.05. The molecule has 5 rings (SSSR count). The molecule has 306 valence electrons. The van der Waals surface area contributed by atoms with E-state index < -0.39 is 23.9 Å². The van der Waals surface area contributed by atoms with Crippen molar-refractivity contribution in [2.45, 2.75) is 71.1 Å². The van der Waals surface area contributed by atoms with E-state index in [0.29, 0.717) is 76.6 Å². The monoisotopic (exact) mass is 786 g/mol. The Morgan fingerprint density at radius 2 is 1.63 bits per heavy atom. The first-order chi connectivity index (χ1) is 27.3. The van der Waals surface area contributed by atoms with Crippen LogP contribution in [0.2, 0.25) is 0 Å². The van der Waals surface area contributed by atoms with Crippen molar-refractivity contribution in [3.63, 3.8) is 0 Å². The molecule has 1 aliphatic heterocycles. The highest BCUT2D eigenvalue weighted by Crippen LogP contribution is 2.36. The number of nitrogen functional groups attached to an aromatic ring is 1. The first-order valence-corrected chi connectivity index (χ1v) is 19.4. The van der Waals surface area contributed by atoms with Gasteiger partial charge in [0.2, 0.25) is 11.9 Å². The molecule has 0 radical (unpaired) electrons. The van der Waals surface area contributed by atoms with Crippen LogP contribution < -0.4 is 32.7 Å². The Labute approximate surface area is 333 Å². The van der Waals surface area contributed by atoms with Crippen LogP contribution in [0, 0.1) is 5.92 Å². The maximum atomic E-state index is 12.8. The lowest BCUT2D eigenvalue weighted by atomic mass is 9.76. The fraction of sp³-hybridized carbons (Fsp3) is 0.500. The number of benzene rings is 2. The Morgan fingerprint density at radius 3 is 2.35 bits per heavy atom. The summed E-state index contributed by atoms with van der Waals surface area (Å²) in [6.07, 6.45) is 3.36. The Balaban J connectivity index is 0.878. The number of hydrogen-bond donors (Lipinski definition) is 6. The van der Waals surface area contributed by atoms with E-state index in [1.165, 1.54) is 0 Å². The second-order valence-electron chi connectivity index (χ2n) is 15.0. The summed E-state index contributed by atoms with van der Waals surface area (Å²) in [7, 11) is -0.408. The average Bonchev–Trinajstić information content (AvgIpc) is 3.41. The van der Waals surface area contributed by atoms with Gasteiger partial charge in [0.15, 0.2) is 11.2 Å². The third-order valence-corrected chi connectivity index (χ3v) is 10.2. The van der Waals surface area contributed by atoms with Crippen molar-refractivity contribution < 1.29 is 33.5 Å². The number of ether oxygens (including phenoxy) is 2. The Kier molecular flexibility index (Phi) is 15.7. The molecule has 3 heterocycles. The standard InChI is InChI=1S/C40H55BN8O8/c1-39(2)40(3,4)57-41(56-39)32-8-6-5-7-30(32)24-43-17-19-54-21-22-55-20-18-44-33(51)16-12-28(26-50)23-46-36(52)29-13-9-27(10-14-29)11-15-31-25-45-35-34(47-31)37(53)49-38(42)48-35/h5-10,13-14,25,28,43,50H,11-12,15-24,26H2,1-4H3,(H,44,51)(H,46,52)(H3,42,45,48,49,53). The number of nitrogens with one attached hydrogen (secondary N) is 4. The van der Waals surface area contributed by atoms with E-state index in [0.717, 1.165) is 16.6 Å². The molecule has 1 aliphatic rings. The third-order valence-electron chi connectivity index (χ3n) is 10.2. The molecule has 1 unspecified atom stereocenters. The molecule has 2 amide bonds. The van der Waals surface area contributed by atoms with E-state index in [4.69, 9.17) is 24.5 Å². The van der Waals surface area contributed by atoms with Crippen LogP contribution in [0.3, 0.4) is 0 Å². The predicted octanol–water partition coefficient (Wildman–Crippen LogP) is 1.44. The van der Waals surface area contributed by atoms with Crippen LogP contribution in [0.4, 0.5) is 5.95 Å². The molecular formula is C40H55BN8O8.